The first-order valence-electron chi connectivity index (χ1n) is 8.95. The van der Waals surface area contributed by atoms with Crippen molar-refractivity contribution >= 4 is 20.4 Å². The Morgan fingerprint density at radius 2 is 1.19 bits per heavy atom. The molecule has 0 heterocycles. The van der Waals surface area contributed by atoms with E-state index in [4.69, 9.17) is 0 Å². The standard InChI is InChI=1S/C22H24O3S2/c1-3-18-26(20-10-6-4-7-11-20,21-12-8-5-9-13-21)25-27(23,24)22-16-14-19(2)15-17-22/h4-17H,3,18H2,1-2H3/p+1. The van der Waals surface area contributed by atoms with Crippen molar-refractivity contribution in [1.29, 1.82) is 0 Å². The minimum absolute atomic E-state index is 0.243. The van der Waals surface area contributed by atoms with Gasteiger partial charge in [-0.1, -0.05) is 61.0 Å². The van der Waals surface area contributed by atoms with Gasteiger partial charge in [0.25, 0.3) is 0 Å². The van der Waals surface area contributed by atoms with Crippen LogP contribution in [0.5, 0.6) is 0 Å². The molecule has 1 N–H and O–H groups in total. The highest BCUT2D eigenvalue weighted by atomic mass is 32.3. The van der Waals surface area contributed by atoms with E-state index in [0.717, 1.165) is 21.8 Å². The molecule has 0 amide bonds. The molecule has 3 aromatic carbocycles. The van der Waals surface area contributed by atoms with Gasteiger partial charge in [-0.05, 0) is 49.7 Å². The van der Waals surface area contributed by atoms with Crippen LogP contribution in [-0.2, 0) is 10.1 Å². The van der Waals surface area contributed by atoms with Crippen LogP contribution in [0.1, 0.15) is 18.9 Å². The maximum absolute atomic E-state index is 13.2. The molecule has 27 heavy (non-hydrogen) atoms. The zero-order chi connectivity index (χ0) is 19.3. The van der Waals surface area contributed by atoms with Gasteiger partial charge in [-0.25, -0.2) is 0 Å². The number of hydrogen-bond donors (Lipinski definition) is 0. The predicted octanol–water partition coefficient (Wildman–Crippen LogP) is 6.03. The predicted molar refractivity (Wildman–Crippen MR) is 113 cm³/mol. The van der Waals surface area contributed by atoms with Gasteiger partial charge in [-0.15, -0.1) is 8.42 Å². The second-order valence-corrected chi connectivity index (χ2v) is 11.2. The molecule has 142 valence electrons. The Labute approximate surface area is 163 Å². The lowest BCUT2D eigenvalue weighted by Crippen LogP contribution is -2.20. The molecular weight excluding hydrogens is 376 g/mol. The van der Waals surface area contributed by atoms with Gasteiger partial charge in [-0.2, -0.15) is 0 Å². The second-order valence-electron chi connectivity index (χ2n) is 6.40. The summed E-state index contributed by atoms with van der Waals surface area (Å²) < 4.78 is 31.1. The molecule has 0 saturated carbocycles. The lowest BCUT2D eigenvalue weighted by Gasteiger charge is -2.34. The summed E-state index contributed by atoms with van der Waals surface area (Å²) in [6.07, 6.45) is 0.839. The molecule has 3 nitrogen and oxygen atoms in total. The molecule has 0 aliphatic rings. The zero-order valence-corrected chi connectivity index (χ0v) is 17.2. The number of hydrogen-bond acceptors (Lipinski definition) is 2. The van der Waals surface area contributed by atoms with E-state index < -0.39 is 20.4 Å². The third-order valence-corrected chi connectivity index (χ3v) is 10.1. The van der Waals surface area contributed by atoms with E-state index in [9.17, 15) is 8.42 Å². The van der Waals surface area contributed by atoms with Crippen molar-refractivity contribution < 1.29 is 12.0 Å². The van der Waals surface area contributed by atoms with E-state index in [1.54, 1.807) is 12.1 Å². The molecule has 3 aromatic rings. The van der Waals surface area contributed by atoms with Crippen LogP contribution in [-0.4, -0.2) is 17.8 Å². The summed E-state index contributed by atoms with van der Waals surface area (Å²) in [4.78, 5) is 2.18. The first-order valence-corrected chi connectivity index (χ1v) is 12.1. The van der Waals surface area contributed by atoms with Crippen molar-refractivity contribution in [3.8, 4) is 0 Å². The molecule has 0 aromatic heterocycles. The molecule has 5 heteroatoms. The van der Waals surface area contributed by atoms with Crippen LogP contribution in [0, 0.1) is 6.92 Å². The highest BCUT2D eigenvalue weighted by Gasteiger charge is 2.40. The van der Waals surface area contributed by atoms with Crippen molar-refractivity contribution in [2.45, 2.75) is 35.0 Å². The lowest BCUT2D eigenvalue weighted by molar-refractivity contribution is 0.387. The van der Waals surface area contributed by atoms with Crippen LogP contribution in [0.2, 0.25) is 0 Å². The molecule has 0 spiro atoms. The van der Waals surface area contributed by atoms with E-state index in [1.807, 2.05) is 79.7 Å². The van der Waals surface area contributed by atoms with Gasteiger partial charge >= 0.3 is 10.1 Å². The summed E-state index contributed by atoms with van der Waals surface area (Å²) in [5.74, 6) is 0.687. The summed E-state index contributed by atoms with van der Waals surface area (Å²) in [6.45, 7) is 4.01. The third-order valence-electron chi connectivity index (χ3n) is 4.31. The SMILES string of the molecule is CCCS([OH+]S(=O)(=O)c1ccc(C)cc1)(c1ccccc1)c1ccccc1. The monoisotopic (exact) mass is 401 g/mol. The van der Waals surface area contributed by atoms with Crippen LogP contribution in [0.25, 0.3) is 0 Å². The van der Waals surface area contributed by atoms with Crippen molar-refractivity contribution in [3.05, 3.63) is 90.5 Å². The van der Waals surface area contributed by atoms with Gasteiger partial charge in [0, 0.05) is 16.1 Å². The Morgan fingerprint density at radius 3 is 1.63 bits per heavy atom. The average Bonchev–Trinajstić information content (AvgIpc) is 2.69. The molecular formula is C22H25O3S2+. The van der Waals surface area contributed by atoms with Gasteiger partial charge in [0.05, 0.1) is 9.79 Å². The largest absolute Gasteiger partial charge is 0.421 e. The van der Waals surface area contributed by atoms with Gasteiger partial charge in [0.1, 0.15) is 4.90 Å². The summed E-state index contributed by atoms with van der Waals surface area (Å²) in [6, 6.07) is 26.5. The Morgan fingerprint density at radius 1 is 0.704 bits per heavy atom. The van der Waals surface area contributed by atoms with Gasteiger partial charge in [0.15, 0.2) is 0 Å². The second kappa shape index (κ2) is 8.30. The molecule has 0 saturated heterocycles. The summed E-state index contributed by atoms with van der Waals surface area (Å²) in [5, 5.41) is 0. The van der Waals surface area contributed by atoms with E-state index >= 15 is 0 Å². The normalized spacial score (nSPS) is 12.7. The summed E-state index contributed by atoms with van der Waals surface area (Å²) in [7, 11) is -5.87. The van der Waals surface area contributed by atoms with Crippen LogP contribution >= 0.6 is 10.3 Å². The smallest absolute Gasteiger partial charge is 0.261 e. The van der Waals surface area contributed by atoms with Crippen molar-refractivity contribution in [2.24, 2.45) is 0 Å². The van der Waals surface area contributed by atoms with Crippen LogP contribution in [0.15, 0.2) is 99.6 Å². The minimum atomic E-state index is -3.79. The molecule has 0 bridgehead atoms. The van der Waals surface area contributed by atoms with Crippen molar-refractivity contribution in [2.75, 3.05) is 5.75 Å². The fraction of sp³-hybridized carbons (Fsp3) is 0.182. The van der Waals surface area contributed by atoms with Crippen LogP contribution in [0.3, 0.4) is 0 Å². The molecule has 0 aliphatic heterocycles. The highest BCUT2D eigenvalue weighted by Crippen LogP contribution is 2.63. The third kappa shape index (κ3) is 4.26. The number of benzene rings is 3. The number of rotatable bonds is 7. The van der Waals surface area contributed by atoms with E-state index in [-0.39, 0.29) is 4.90 Å². The van der Waals surface area contributed by atoms with Gasteiger partial charge < -0.3 is 0 Å². The molecule has 0 aliphatic carbocycles. The fourth-order valence-electron chi connectivity index (χ4n) is 3.00. The maximum Gasteiger partial charge on any atom is 0.421 e. The Kier molecular flexibility index (Phi) is 6.05. The Bertz CT molecular complexity index is 928. The highest BCUT2D eigenvalue weighted by molar-refractivity contribution is 8.32. The van der Waals surface area contributed by atoms with Gasteiger partial charge in [0.2, 0.25) is 0 Å². The van der Waals surface area contributed by atoms with E-state index in [2.05, 4.69) is 10.6 Å². The summed E-state index contributed by atoms with van der Waals surface area (Å²) in [5.41, 5.74) is 1.02. The van der Waals surface area contributed by atoms with E-state index in [1.165, 1.54) is 0 Å². The summed E-state index contributed by atoms with van der Waals surface area (Å²) >= 11 is 0. The van der Waals surface area contributed by atoms with Crippen LogP contribution < -0.4 is 0 Å². The first kappa shape index (κ1) is 19.7. The molecule has 3 rings (SSSR count). The zero-order valence-electron chi connectivity index (χ0n) is 15.6. The quantitative estimate of drug-likeness (QED) is 0.359. The molecule has 0 unspecified atom stereocenters. The van der Waals surface area contributed by atoms with Crippen LogP contribution in [0.4, 0.5) is 0 Å². The number of aryl methyl sites for hydroxylation is 1. The molecule has 0 fully saturated rings. The Balaban J connectivity index is 2.16. The fourth-order valence-corrected chi connectivity index (χ4v) is 8.70. The van der Waals surface area contributed by atoms with Crippen molar-refractivity contribution in [3.63, 3.8) is 0 Å². The lowest BCUT2D eigenvalue weighted by atomic mass is 10.2. The molecule has 0 atom stereocenters. The van der Waals surface area contributed by atoms with E-state index in [0.29, 0.717) is 5.75 Å². The topological polar surface area (TPSA) is 46.9 Å². The Hall–Kier alpha value is -2.08. The average molecular weight is 402 g/mol. The first-order chi connectivity index (χ1) is 13.0. The molecule has 0 radical (unpaired) electrons. The van der Waals surface area contributed by atoms with Gasteiger partial charge in [-0.3, -0.25) is 3.63 Å². The van der Waals surface area contributed by atoms with Crippen molar-refractivity contribution in [1.82, 2.24) is 0 Å². The minimum Gasteiger partial charge on any atom is -0.261 e. The maximum atomic E-state index is 13.2.